The van der Waals surface area contributed by atoms with E-state index in [0.29, 0.717) is 5.82 Å². The molecule has 33 heavy (non-hydrogen) atoms. The van der Waals surface area contributed by atoms with Gasteiger partial charge in [-0.1, -0.05) is 18.2 Å². The molecule has 4 N–H and O–H groups in total. The summed E-state index contributed by atoms with van der Waals surface area (Å²) in [5.41, 5.74) is 3.66. The number of carbonyl (C=O) groups is 2. The highest BCUT2D eigenvalue weighted by Crippen LogP contribution is 2.30. The number of aromatic nitrogens is 3. The first-order valence-corrected chi connectivity index (χ1v) is 11.0. The van der Waals surface area contributed by atoms with E-state index in [1.54, 1.807) is 6.07 Å². The minimum atomic E-state index is -1.23. The maximum Gasteiger partial charge on any atom is 0.408 e. The molecule has 4 rings (SSSR count). The second kappa shape index (κ2) is 9.45. The van der Waals surface area contributed by atoms with Gasteiger partial charge in [-0.3, -0.25) is 4.90 Å². The van der Waals surface area contributed by atoms with Crippen molar-refractivity contribution < 1.29 is 19.8 Å². The van der Waals surface area contributed by atoms with Crippen molar-refractivity contribution in [3.63, 3.8) is 0 Å². The predicted octanol–water partition coefficient (Wildman–Crippen LogP) is 2.63. The number of amides is 1. The summed E-state index contributed by atoms with van der Waals surface area (Å²) < 4.78 is 2.21. The van der Waals surface area contributed by atoms with E-state index in [2.05, 4.69) is 15.2 Å². The molecule has 1 saturated heterocycles. The van der Waals surface area contributed by atoms with Gasteiger partial charge in [-0.2, -0.15) is 0 Å². The van der Waals surface area contributed by atoms with E-state index >= 15 is 0 Å². The number of carboxylic acid groups (broad SMARTS) is 2. The number of fused-ring (bicyclic) bond motifs is 1. The van der Waals surface area contributed by atoms with Crippen LogP contribution >= 0.6 is 0 Å². The lowest BCUT2D eigenvalue weighted by atomic mass is 10.1. The standard InChI is InChI=1S/C23H28N6O4/c1-14-25-18-8-3-6-16(21(18)28(14)11-5-10-24-2)17-7-4-9-20(27-17)26-15-12-19(22(30)31)29(13-15)23(32)33/h3-4,6-9,15,19,24H,5,10-13H2,1-2H3,(H,26,27)(H,30,31)(H,32,33)/t15-,19-/m0/s1. The Bertz CT molecular complexity index is 1150. The third-order valence-electron chi connectivity index (χ3n) is 5.97. The van der Waals surface area contributed by atoms with Crippen molar-refractivity contribution in [1.29, 1.82) is 0 Å². The SMILES string of the molecule is CNCCCn1c(C)nc2cccc(-c3cccc(N[C@H]4C[C@@H](C(=O)O)N(C(=O)O)C4)n3)c21. The van der Waals surface area contributed by atoms with Crippen molar-refractivity contribution in [3.05, 3.63) is 42.2 Å². The second-order valence-electron chi connectivity index (χ2n) is 8.22. The minimum absolute atomic E-state index is 0.0885. The van der Waals surface area contributed by atoms with Gasteiger partial charge < -0.3 is 25.4 Å². The van der Waals surface area contributed by atoms with Gasteiger partial charge in [0.25, 0.3) is 0 Å². The number of nitrogens with zero attached hydrogens (tertiary/aromatic N) is 4. The van der Waals surface area contributed by atoms with Gasteiger partial charge in [0.05, 0.1) is 16.7 Å². The molecule has 3 aromatic rings. The smallest absolute Gasteiger partial charge is 0.408 e. The molecule has 0 bridgehead atoms. The molecular weight excluding hydrogens is 424 g/mol. The minimum Gasteiger partial charge on any atom is -0.480 e. The van der Waals surface area contributed by atoms with Crippen LogP contribution in [0.3, 0.4) is 0 Å². The van der Waals surface area contributed by atoms with Gasteiger partial charge in [-0.25, -0.2) is 19.6 Å². The Labute approximate surface area is 191 Å². The summed E-state index contributed by atoms with van der Waals surface area (Å²) in [5.74, 6) is 0.378. The van der Waals surface area contributed by atoms with Gasteiger partial charge in [-0.05, 0) is 45.1 Å². The summed E-state index contributed by atoms with van der Waals surface area (Å²) in [6.45, 7) is 3.83. The molecule has 0 spiro atoms. The second-order valence-corrected chi connectivity index (χ2v) is 8.22. The molecule has 2 aromatic heterocycles. The Morgan fingerprint density at radius 1 is 1.15 bits per heavy atom. The van der Waals surface area contributed by atoms with Gasteiger partial charge in [-0.15, -0.1) is 0 Å². The largest absolute Gasteiger partial charge is 0.480 e. The monoisotopic (exact) mass is 452 g/mol. The van der Waals surface area contributed by atoms with Crippen LogP contribution in [0.4, 0.5) is 10.6 Å². The van der Waals surface area contributed by atoms with E-state index in [1.807, 2.05) is 44.3 Å². The zero-order valence-electron chi connectivity index (χ0n) is 18.7. The maximum absolute atomic E-state index is 11.4. The van der Waals surface area contributed by atoms with E-state index in [4.69, 9.17) is 9.97 Å². The van der Waals surface area contributed by atoms with Crippen molar-refractivity contribution in [3.8, 4) is 11.3 Å². The molecule has 3 heterocycles. The van der Waals surface area contributed by atoms with Crippen molar-refractivity contribution in [2.75, 3.05) is 25.5 Å². The van der Waals surface area contributed by atoms with Crippen LogP contribution in [0.15, 0.2) is 36.4 Å². The first kappa shape index (κ1) is 22.5. The molecule has 2 atom stereocenters. The number of rotatable bonds is 8. The summed E-state index contributed by atoms with van der Waals surface area (Å²) in [4.78, 5) is 33.3. The van der Waals surface area contributed by atoms with Crippen LogP contribution in [0, 0.1) is 6.92 Å². The van der Waals surface area contributed by atoms with Crippen LogP contribution < -0.4 is 10.6 Å². The fourth-order valence-electron chi connectivity index (χ4n) is 4.46. The molecule has 0 unspecified atom stereocenters. The number of aryl methyl sites for hydroxylation is 2. The van der Waals surface area contributed by atoms with E-state index in [-0.39, 0.29) is 19.0 Å². The fourth-order valence-corrected chi connectivity index (χ4v) is 4.46. The summed E-state index contributed by atoms with van der Waals surface area (Å²) >= 11 is 0. The first-order valence-electron chi connectivity index (χ1n) is 11.0. The van der Waals surface area contributed by atoms with Crippen LogP contribution in [-0.4, -0.2) is 73.9 Å². The summed E-state index contributed by atoms with van der Waals surface area (Å²) in [6.07, 6.45) is -0.0823. The van der Waals surface area contributed by atoms with Crippen LogP contribution in [0.25, 0.3) is 22.3 Å². The lowest BCUT2D eigenvalue weighted by Gasteiger charge is -2.17. The topological polar surface area (TPSA) is 133 Å². The Hall–Kier alpha value is -3.66. The lowest BCUT2D eigenvalue weighted by Crippen LogP contribution is -2.39. The van der Waals surface area contributed by atoms with E-state index in [0.717, 1.165) is 52.5 Å². The lowest BCUT2D eigenvalue weighted by molar-refractivity contribution is -0.141. The van der Waals surface area contributed by atoms with Gasteiger partial charge in [0.1, 0.15) is 17.7 Å². The molecule has 1 amide bonds. The zero-order chi connectivity index (χ0) is 23.5. The van der Waals surface area contributed by atoms with Crippen LogP contribution in [0.1, 0.15) is 18.7 Å². The number of likely N-dealkylation sites (tertiary alicyclic amines) is 1. The number of aliphatic carboxylic acids is 1. The van der Waals surface area contributed by atoms with Crippen LogP contribution in [0.2, 0.25) is 0 Å². The molecule has 174 valence electrons. The number of benzene rings is 1. The number of nitrogens with one attached hydrogen (secondary N) is 2. The third-order valence-corrected chi connectivity index (χ3v) is 5.97. The molecule has 10 heteroatoms. The fraction of sp³-hybridized carbons (Fsp3) is 0.391. The van der Waals surface area contributed by atoms with Crippen LogP contribution in [0.5, 0.6) is 0 Å². The zero-order valence-corrected chi connectivity index (χ0v) is 18.7. The van der Waals surface area contributed by atoms with Crippen molar-refractivity contribution >= 4 is 28.9 Å². The first-order chi connectivity index (χ1) is 15.9. The highest BCUT2D eigenvalue weighted by molar-refractivity contribution is 5.92. The average molecular weight is 453 g/mol. The molecule has 10 nitrogen and oxygen atoms in total. The Balaban J connectivity index is 1.62. The summed E-state index contributed by atoms with van der Waals surface area (Å²) in [5, 5.41) is 25.1. The highest BCUT2D eigenvalue weighted by Gasteiger charge is 2.39. The van der Waals surface area contributed by atoms with E-state index in [9.17, 15) is 19.8 Å². The van der Waals surface area contributed by atoms with Gasteiger partial charge in [0.2, 0.25) is 0 Å². The summed E-state index contributed by atoms with van der Waals surface area (Å²) in [7, 11) is 1.94. The molecule has 0 saturated carbocycles. The number of para-hydroxylation sites is 1. The normalized spacial score (nSPS) is 18.1. The van der Waals surface area contributed by atoms with Gasteiger partial charge in [0.15, 0.2) is 0 Å². The number of anilines is 1. The number of pyridine rings is 1. The van der Waals surface area contributed by atoms with Crippen molar-refractivity contribution in [2.24, 2.45) is 0 Å². The Kier molecular flexibility index (Phi) is 6.45. The number of hydrogen-bond donors (Lipinski definition) is 4. The average Bonchev–Trinajstić information content (AvgIpc) is 3.35. The Morgan fingerprint density at radius 3 is 2.64 bits per heavy atom. The number of imidazole rings is 1. The number of carboxylic acids is 1. The molecule has 0 aliphatic carbocycles. The molecule has 1 aromatic carbocycles. The summed E-state index contributed by atoms with van der Waals surface area (Å²) in [6, 6.07) is 10.2. The van der Waals surface area contributed by atoms with E-state index in [1.165, 1.54) is 0 Å². The van der Waals surface area contributed by atoms with Crippen molar-refractivity contribution in [1.82, 2.24) is 24.8 Å². The quantitative estimate of drug-likeness (QED) is 0.384. The maximum atomic E-state index is 11.4. The number of hydrogen-bond acceptors (Lipinski definition) is 6. The van der Waals surface area contributed by atoms with Gasteiger partial charge in [0, 0.05) is 31.1 Å². The van der Waals surface area contributed by atoms with Crippen molar-refractivity contribution in [2.45, 2.75) is 38.4 Å². The molecule has 1 fully saturated rings. The van der Waals surface area contributed by atoms with Gasteiger partial charge >= 0.3 is 12.1 Å². The molecule has 0 radical (unpaired) electrons. The molecular formula is C23H28N6O4. The molecule has 1 aliphatic heterocycles. The highest BCUT2D eigenvalue weighted by atomic mass is 16.4. The predicted molar refractivity (Wildman–Crippen MR) is 124 cm³/mol. The van der Waals surface area contributed by atoms with Crippen LogP contribution in [-0.2, 0) is 11.3 Å². The molecule has 1 aliphatic rings. The third kappa shape index (κ3) is 4.61. The Morgan fingerprint density at radius 2 is 1.94 bits per heavy atom. The van der Waals surface area contributed by atoms with E-state index < -0.39 is 18.1 Å².